The molecule has 118 valence electrons. The summed E-state index contributed by atoms with van der Waals surface area (Å²) in [6.07, 6.45) is 2.99. The number of fused-ring (bicyclic) bond motifs is 1. The van der Waals surface area contributed by atoms with Crippen LogP contribution in [-0.2, 0) is 0 Å². The van der Waals surface area contributed by atoms with Crippen LogP contribution in [0.5, 0.6) is 0 Å². The number of amides is 1. The van der Waals surface area contributed by atoms with E-state index in [2.05, 4.69) is 30.7 Å². The van der Waals surface area contributed by atoms with Gasteiger partial charge >= 0.3 is 0 Å². The molecule has 2 aromatic rings. The zero-order valence-electron chi connectivity index (χ0n) is 13.7. The van der Waals surface area contributed by atoms with Crippen molar-refractivity contribution in [2.75, 3.05) is 19.6 Å². The number of nitrogens with zero attached hydrogens (tertiary/aromatic N) is 2. The van der Waals surface area contributed by atoms with E-state index in [0.717, 1.165) is 42.5 Å². The Morgan fingerprint density at radius 1 is 1.32 bits per heavy atom. The molecule has 0 spiro atoms. The average molecular weight is 299 g/mol. The van der Waals surface area contributed by atoms with E-state index in [1.54, 1.807) is 0 Å². The zero-order valence-corrected chi connectivity index (χ0v) is 13.7. The minimum absolute atomic E-state index is 0.151. The van der Waals surface area contributed by atoms with Crippen molar-refractivity contribution in [1.29, 1.82) is 0 Å². The maximum atomic E-state index is 12.8. The minimum Gasteiger partial charge on any atom is -0.361 e. The fraction of sp³-hybridized carbons (Fsp3) is 0.500. The van der Waals surface area contributed by atoms with E-state index in [0.29, 0.717) is 12.1 Å². The van der Waals surface area contributed by atoms with Crippen LogP contribution < -0.4 is 0 Å². The zero-order chi connectivity index (χ0) is 15.7. The molecular formula is C18H25N3O. The van der Waals surface area contributed by atoms with Gasteiger partial charge in [-0.05, 0) is 43.9 Å². The number of benzene rings is 1. The van der Waals surface area contributed by atoms with Crippen LogP contribution in [0.3, 0.4) is 0 Å². The Bertz CT molecular complexity index is 661. The average Bonchev–Trinajstić information content (AvgIpc) is 3.00. The molecule has 1 unspecified atom stereocenters. The molecule has 1 amide bonds. The van der Waals surface area contributed by atoms with Crippen LogP contribution in [0.4, 0.5) is 0 Å². The molecule has 0 saturated carbocycles. The number of nitrogens with one attached hydrogen (secondary N) is 1. The lowest BCUT2D eigenvalue weighted by molar-refractivity contribution is 0.0372. The summed E-state index contributed by atoms with van der Waals surface area (Å²) in [6.45, 7) is 9.29. The highest BCUT2D eigenvalue weighted by atomic mass is 16.2. The van der Waals surface area contributed by atoms with Gasteiger partial charge in [0, 0.05) is 49.0 Å². The Hall–Kier alpha value is -1.81. The Labute approximate surface area is 132 Å². The number of aromatic nitrogens is 1. The smallest absolute Gasteiger partial charge is 0.254 e. The highest BCUT2D eigenvalue weighted by molar-refractivity contribution is 5.98. The molecule has 0 radical (unpaired) electrons. The molecule has 0 aliphatic carbocycles. The molecule has 4 heteroatoms. The first-order valence-corrected chi connectivity index (χ1v) is 8.22. The van der Waals surface area contributed by atoms with Crippen molar-refractivity contribution in [3.8, 4) is 0 Å². The molecule has 1 atom stereocenters. The summed E-state index contributed by atoms with van der Waals surface area (Å²) < 4.78 is 0. The summed E-state index contributed by atoms with van der Waals surface area (Å²) in [5.41, 5.74) is 1.81. The number of hydrogen-bond acceptors (Lipinski definition) is 2. The van der Waals surface area contributed by atoms with Gasteiger partial charge in [0.1, 0.15) is 0 Å². The van der Waals surface area contributed by atoms with Crippen LogP contribution in [0, 0.1) is 0 Å². The molecule has 4 nitrogen and oxygen atoms in total. The van der Waals surface area contributed by atoms with Gasteiger partial charge in [0.2, 0.25) is 0 Å². The van der Waals surface area contributed by atoms with Crippen LogP contribution >= 0.6 is 0 Å². The summed E-state index contributed by atoms with van der Waals surface area (Å²) in [6, 6.07) is 8.95. The molecule has 2 heterocycles. The van der Waals surface area contributed by atoms with Crippen molar-refractivity contribution in [3.63, 3.8) is 0 Å². The molecular weight excluding hydrogens is 274 g/mol. The second-order valence-corrected chi connectivity index (χ2v) is 6.42. The summed E-state index contributed by atoms with van der Waals surface area (Å²) in [4.78, 5) is 20.5. The fourth-order valence-corrected chi connectivity index (χ4v) is 3.46. The van der Waals surface area contributed by atoms with Gasteiger partial charge in [-0.25, -0.2) is 0 Å². The van der Waals surface area contributed by atoms with Gasteiger partial charge in [0.15, 0.2) is 0 Å². The topological polar surface area (TPSA) is 39.3 Å². The third kappa shape index (κ3) is 2.75. The Balaban J connectivity index is 1.77. The molecule has 3 rings (SSSR count). The first kappa shape index (κ1) is 15.1. The number of aromatic amines is 1. The highest BCUT2D eigenvalue weighted by Gasteiger charge is 2.30. The number of carbonyl (C=O) groups excluding carboxylic acids is 1. The third-order valence-electron chi connectivity index (χ3n) is 4.75. The van der Waals surface area contributed by atoms with E-state index < -0.39 is 0 Å². The first-order chi connectivity index (χ1) is 10.6. The molecule has 1 aliphatic rings. The van der Waals surface area contributed by atoms with Crippen LogP contribution in [0.2, 0.25) is 0 Å². The van der Waals surface area contributed by atoms with E-state index in [-0.39, 0.29) is 5.91 Å². The fourth-order valence-electron chi connectivity index (χ4n) is 3.46. The van der Waals surface area contributed by atoms with Gasteiger partial charge in [-0.1, -0.05) is 13.0 Å². The standard InChI is InChI=1S/C18H25N3O/c1-4-16-12-20(9-10-21(16)13(2)3)18(22)15-6-5-14-7-8-19-17(14)11-15/h5-8,11,13,16,19H,4,9-10,12H2,1-3H3. The van der Waals surface area contributed by atoms with E-state index in [1.165, 1.54) is 0 Å². The molecule has 1 saturated heterocycles. The molecule has 0 bridgehead atoms. The van der Waals surface area contributed by atoms with Gasteiger partial charge in [0.05, 0.1) is 0 Å². The Morgan fingerprint density at radius 3 is 2.86 bits per heavy atom. The van der Waals surface area contributed by atoms with Gasteiger partial charge in [-0.2, -0.15) is 0 Å². The molecule has 1 aromatic carbocycles. The highest BCUT2D eigenvalue weighted by Crippen LogP contribution is 2.20. The number of rotatable bonds is 3. The molecule has 1 fully saturated rings. The lowest BCUT2D eigenvalue weighted by Gasteiger charge is -2.43. The van der Waals surface area contributed by atoms with Crippen molar-refractivity contribution >= 4 is 16.8 Å². The van der Waals surface area contributed by atoms with Gasteiger partial charge in [-0.3, -0.25) is 9.69 Å². The van der Waals surface area contributed by atoms with Crippen molar-refractivity contribution in [3.05, 3.63) is 36.0 Å². The Kier molecular flexibility index (Phi) is 4.21. The molecule has 22 heavy (non-hydrogen) atoms. The largest absolute Gasteiger partial charge is 0.361 e. The van der Waals surface area contributed by atoms with Gasteiger partial charge in [-0.15, -0.1) is 0 Å². The predicted molar refractivity (Wildman–Crippen MR) is 90.1 cm³/mol. The number of carbonyl (C=O) groups is 1. The molecule has 1 N–H and O–H groups in total. The second kappa shape index (κ2) is 6.13. The van der Waals surface area contributed by atoms with Gasteiger partial charge < -0.3 is 9.88 Å². The maximum Gasteiger partial charge on any atom is 0.254 e. The first-order valence-electron chi connectivity index (χ1n) is 8.22. The van der Waals surface area contributed by atoms with Crippen LogP contribution in [0.1, 0.15) is 37.6 Å². The predicted octanol–water partition coefficient (Wildman–Crippen LogP) is 3.11. The van der Waals surface area contributed by atoms with Crippen molar-refractivity contribution in [2.24, 2.45) is 0 Å². The summed E-state index contributed by atoms with van der Waals surface area (Å²) in [5, 5.41) is 1.15. The molecule has 1 aromatic heterocycles. The maximum absolute atomic E-state index is 12.8. The van der Waals surface area contributed by atoms with Crippen LogP contribution in [0.25, 0.3) is 10.9 Å². The van der Waals surface area contributed by atoms with Gasteiger partial charge in [0.25, 0.3) is 5.91 Å². The van der Waals surface area contributed by atoms with Crippen LogP contribution in [0.15, 0.2) is 30.5 Å². The quantitative estimate of drug-likeness (QED) is 0.946. The lowest BCUT2D eigenvalue weighted by Crippen LogP contribution is -2.56. The van der Waals surface area contributed by atoms with Crippen molar-refractivity contribution in [1.82, 2.24) is 14.8 Å². The third-order valence-corrected chi connectivity index (χ3v) is 4.75. The normalized spacial score (nSPS) is 20.0. The molecule has 1 aliphatic heterocycles. The Morgan fingerprint density at radius 2 is 2.14 bits per heavy atom. The van der Waals surface area contributed by atoms with E-state index in [1.807, 2.05) is 35.4 Å². The minimum atomic E-state index is 0.151. The van der Waals surface area contributed by atoms with Crippen molar-refractivity contribution in [2.45, 2.75) is 39.3 Å². The van der Waals surface area contributed by atoms with E-state index in [4.69, 9.17) is 0 Å². The monoisotopic (exact) mass is 299 g/mol. The van der Waals surface area contributed by atoms with E-state index in [9.17, 15) is 4.79 Å². The lowest BCUT2D eigenvalue weighted by atomic mass is 10.1. The number of piperazine rings is 1. The summed E-state index contributed by atoms with van der Waals surface area (Å²) >= 11 is 0. The number of H-pyrrole nitrogens is 1. The van der Waals surface area contributed by atoms with Crippen LogP contribution in [-0.4, -0.2) is 52.4 Å². The van der Waals surface area contributed by atoms with Crippen molar-refractivity contribution < 1.29 is 4.79 Å². The van der Waals surface area contributed by atoms with E-state index >= 15 is 0 Å². The second-order valence-electron chi connectivity index (χ2n) is 6.42. The number of hydrogen-bond donors (Lipinski definition) is 1. The summed E-state index contributed by atoms with van der Waals surface area (Å²) in [5.74, 6) is 0.151. The summed E-state index contributed by atoms with van der Waals surface area (Å²) in [7, 11) is 0. The SMILES string of the molecule is CCC1CN(C(=O)c2ccc3cc[nH]c3c2)CCN1C(C)C.